The molecule has 1 aromatic heterocycles. The van der Waals surface area contributed by atoms with Gasteiger partial charge in [0.2, 0.25) is 0 Å². The van der Waals surface area contributed by atoms with Crippen molar-refractivity contribution in [2.24, 2.45) is 0 Å². The van der Waals surface area contributed by atoms with Crippen LogP contribution < -0.4 is 5.32 Å². The Morgan fingerprint density at radius 3 is 2.65 bits per heavy atom. The van der Waals surface area contributed by atoms with E-state index in [1.807, 2.05) is 6.07 Å². The van der Waals surface area contributed by atoms with Gasteiger partial charge in [-0.1, -0.05) is 26.8 Å². The van der Waals surface area contributed by atoms with Crippen molar-refractivity contribution in [2.75, 3.05) is 5.32 Å². The molecule has 4 heteroatoms. The second-order valence-corrected chi connectivity index (χ2v) is 5.82. The highest BCUT2D eigenvalue weighted by atomic mass is 32.1. The van der Waals surface area contributed by atoms with Crippen LogP contribution in [0.1, 0.15) is 26.5 Å². The number of anilines is 2. The van der Waals surface area contributed by atoms with E-state index in [0.717, 1.165) is 16.5 Å². The Balaban J connectivity index is 2.17. The summed E-state index contributed by atoms with van der Waals surface area (Å²) in [6.07, 6.45) is 0. The van der Waals surface area contributed by atoms with E-state index in [4.69, 9.17) is 0 Å². The van der Waals surface area contributed by atoms with Crippen LogP contribution in [-0.4, -0.2) is 10.1 Å². The van der Waals surface area contributed by atoms with Gasteiger partial charge in [0.1, 0.15) is 5.75 Å². The van der Waals surface area contributed by atoms with Crippen LogP contribution in [0.3, 0.4) is 0 Å². The maximum atomic E-state index is 9.37. The van der Waals surface area contributed by atoms with Crippen LogP contribution in [0.2, 0.25) is 0 Å². The van der Waals surface area contributed by atoms with Gasteiger partial charge in [-0.05, 0) is 12.1 Å². The molecule has 1 heterocycles. The molecule has 17 heavy (non-hydrogen) atoms. The predicted octanol–water partition coefficient (Wildman–Crippen LogP) is 3.89. The monoisotopic (exact) mass is 248 g/mol. The van der Waals surface area contributed by atoms with Crippen molar-refractivity contribution in [3.63, 3.8) is 0 Å². The molecular weight excluding hydrogens is 232 g/mol. The van der Waals surface area contributed by atoms with Crippen molar-refractivity contribution in [1.82, 2.24) is 4.98 Å². The van der Waals surface area contributed by atoms with Gasteiger partial charge in [-0.3, -0.25) is 0 Å². The number of aromatic hydroxyl groups is 1. The molecule has 1 aromatic carbocycles. The van der Waals surface area contributed by atoms with Crippen molar-refractivity contribution in [2.45, 2.75) is 26.2 Å². The third-order valence-electron chi connectivity index (χ3n) is 2.37. The molecule has 0 fully saturated rings. The molecule has 0 spiro atoms. The highest BCUT2D eigenvalue weighted by Crippen LogP contribution is 2.28. The second-order valence-electron chi connectivity index (χ2n) is 4.96. The van der Waals surface area contributed by atoms with Crippen LogP contribution in [-0.2, 0) is 5.41 Å². The Morgan fingerprint density at radius 1 is 1.29 bits per heavy atom. The molecule has 0 aliphatic carbocycles. The van der Waals surface area contributed by atoms with Gasteiger partial charge in [0, 0.05) is 22.5 Å². The van der Waals surface area contributed by atoms with E-state index in [-0.39, 0.29) is 11.2 Å². The maximum Gasteiger partial charge on any atom is 0.187 e. The largest absolute Gasteiger partial charge is 0.508 e. The van der Waals surface area contributed by atoms with Crippen molar-refractivity contribution in [1.29, 1.82) is 0 Å². The normalized spacial score (nSPS) is 11.5. The number of phenols is 1. The van der Waals surface area contributed by atoms with Crippen LogP contribution in [0.5, 0.6) is 5.75 Å². The quantitative estimate of drug-likeness (QED) is 0.847. The zero-order chi connectivity index (χ0) is 12.5. The summed E-state index contributed by atoms with van der Waals surface area (Å²) < 4.78 is 0. The molecule has 0 aliphatic heterocycles. The fourth-order valence-electron chi connectivity index (χ4n) is 1.38. The minimum absolute atomic E-state index is 0.0647. The van der Waals surface area contributed by atoms with Gasteiger partial charge in [0.15, 0.2) is 5.13 Å². The summed E-state index contributed by atoms with van der Waals surface area (Å²) in [6.45, 7) is 6.42. The van der Waals surface area contributed by atoms with E-state index in [1.54, 1.807) is 29.5 Å². The number of benzene rings is 1. The highest BCUT2D eigenvalue weighted by molar-refractivity contribution is 7.13. The molecule has 0 amide bonds. The lowest BCUT2D eigenvalue weighted by atomic mass is 9.93. The fourth-order valence-corrected chi connectivity index (χ4v) is 2.34. The van der Waals surface area contributed by atoms with Gasteiger partial charge in [0.25, 0.3) is 0 Å². The molecule has 2 aromatic rings. The summed E-state index contributed by atoms with van der Waals surface area (Å²) in [5.41, 5.74) is 1.99. The number of aromatic nitrogens is 1. The second kappa shape index (κ2) is 4.37. The summed E-state index contributed by atoms with van der Waals surface area (Å²) >= 11 is 1.57. The molecule has 90 valence electrons. The number of phenolic OH excluding ortho intramolecular Hbond substituents is 1. The van der Waals surface area contributed by atoms with Crippen molar-refractivity contribution in [3.05, 3.63) is 35.3 Å². The number of rotatable bonds is 2. The molecule has 2 rings (SSSR count). The van der Waals surface area contributed by atoms with Gasteiger partial charge in [-0.25, -0.2) is 4.98 Å². The van der Waals surface area contributed by atoms with Gasteiger partial charge >= 0.3 is 0 Å². The number of thiazole rings is 1. The summed E-state index contributed by atoms with van der Waals surface area (Å²) in [5, 5.41) is 15.5. The van der Waals surface area contributed by atoms with Gasteiger partial charge in [0.05, 0.1) is 5.69 Å². The van der Waals surface area contributed by atoms with Crippen molar-refractivity contribution < 1.29 is 5.11 Å². The average Bonchev–Trinajstić information content (AvgIpc) is 2.65. The van der Waals surface area contributed by atoms with E-state index in [2.05, 4.69) is 36.5 Å². The highest BCUT2D eigenvalue weighted by Gasteiger charge is 2.17. The molecule has 0 saturated heterocycles. The first-order chi connectivity index (χ1) is 7.95. The predicted molar refractivity (Wildman–Crippen MR) is 72.2 cm³/mol. The molecule has 0 aliphatic rings. The van der Waals surface area contributed by atoms with Crippen LogP contribution in [0.25, 0.3) is 0 Å². The molecule has 0 bridgehead atoms. The first-order valence-corrected chi connectivity index (χ1v) is 6.35. The minimum atomic E-state index is 0.0647. The Kier molecular flexibility index (Phi) is 3.07. The van der Waals surface area contributed by atoms with Crippen molar-refractivity contribution >= 4 is 22.2 Å². The van der Waals surface area contributed by atoms with Crippen molar-refractivity contribution in [3.8, 4) is 5.75 Å². The number of hydrogen-bond donors (Lipinski definition) is 2. The summed E-state index contributed by atoms with van der Waals surface area (Å²) in [5.74, 6) is 0.252. The summed E-state index contributed by atoms with van der Waals surface area (Å²) in [4.78, 5) is 4.53. The topological polar surface area (TPSA) is 45.1 Å². The summed E-state index contributed by atoms with van der Waals surface area (Å²) in [7, 11) is 0. The third-order valence-corrected chi connectivity index (χ3v) is 3.13. The Hall–Kier alpha value is -1.55. The number of hydrogen-bond acceptors (Lipinski definition) is 4. The molecule has 0 atom stereocenters. The molecule has 0 radical (unpaired) electrons. The standard InChI is InChI=1S/C13H16N2OS/c1-13(2,3)11-8-17-12(15-11)14-9-5-4-6-10(16)7-9/h4-8,16H,1-3H3,(H,14,15). The van der Waals surface area contributed by atoms with Crippen LogP contribution in [0.4, 0.5) is 10.8 Å². The fraction of sp³-hybridized carbons (Fsp3) is 0.308. The molecule has 0 saturated carbocycles. The lowest BCUT2D eigenvalue weighted by molar-refractivity contribution is 0.475. The Bertz CT molecular complexity index is 514. The van der Waals surface area contributed by atoms with E-state index in [0.29, 0.717) is 0 Å². The van der Waals surface area contributed by atoms with E-state index >= 15 is 0 Å². The maximum absolute atomic E-state index is 9.37. The number of nitrogens with zero attached hydrogens (tertiary/aromatic N) is 1. The number of nitrogens with one attached hydrogen (secondary N) is 1. The SMILES string of the molecule is CC(C)(C)c1csc(Nc2cccc(O)c2)n1. The molecule has 2 N–H and O–H groups in total. The van der Waals surface area contributed by atoms with Crippen LogP contribution in [0, 0.1) is 0 Å². The zero-order valence-electron chi connectivity index (χ0n) is 10.2. The smallest absolute Gasteiger partial charge is 0.187 e. The molecular formula is C13H16N2OS. The average molecular weight is 248 g/mol. The minimum Gasteiger partial charge on any atom is -0.508 e. The van der Waals surface area contributed by atoms with Gasteiger partial charge in [-0.15, -0.1) is 11.3 Å². The molecule has 3 nitrogen and oxygen atoms in total. The molecule has 0 unspecified atom stereocenters. The Morgan fingerprint density at radius 2 is 2.06 bits per heavy atom. The van der Waals surface area contributed by atoms with Crippen LogP contribution >= 0.6 is 11.3 Å². The van der Waals surface area contributed by atoms with Gasteiger partial charge in [-0.2, -0.15) is 0 Å². The third kappa shape index (κ3) is 2.97. The lowest BCUT2D eigenvalue weighted by Crippen LogP contribution is -2.11. The van der Waals surface area contributed by atoms with Gasteiger partial charge < -0.3 is 10.4 Å². The van der Waals surface area contributed by atoms with E-state index < -0.39 is 0 Å². The van der Waals surface area contributed by atoms with Crippen LogP contribution in [0.15, 0.2) is 29.6 Å². The summed E-state index contributed by atoms with van der Waals surface area (Å²) in [6, 6.07) is 7.03. The first-order valence-electron chi connectivity index (χ1n) is 5.47. The lowest BCUT2D eigenvalue weighted by Gasteiger charge is -2.14. The Labute approximate surface area is 105 Å². The van der Waals surface area contributed by atoms with E-state index in [9.17, 15) is 5.11 Å². The zero-order valence-corrected chi connectivity index (χ0v) is 11.0. The van der Waals surface area contributed by atoms with E-state index in [1.165, 1.54) is 0 Å². The first kappa shape index (κ1) is 11.9.